The maximum absolute atomic E-state index is 11.8. The van der Waals surface area contributed by atoms with Gasteiger partial charge in [-0.2, -0.15) is 0 Å². The molecule has 7 nitrogen and oxygen atoms in total. The van der Waals surface area contributed by atoms with Gasteiger partial charge in [-0.1, -0.05) is 28.8 Å². The Hall–Kier alpha value is -3.00. The molecular formula is C17H16N4O3S. The van der Waals surface area contributed by atoms with Gasteiger partial charge in [0.25, 0.3) is 5.91 Å². The molecule has 0 aliphatic rings. The number of hydrogen-bond donors (Lipinski definition) is 1. The first-order chi connectivity index (χ1) is 12.3. The average molecular weight is 356 g/mol. The lowest BCUT2D eigenvalue weighted by molar-refractivity contribution is 0.0954. The van der Waals surface area contributed by atoms with Gasteiger partial charge in [-0.05, 0) is 29.2 Å². The highest BCUT2D eigenvalue weighted by Crippen LogP contribution is 2.10. The molecule has 0 aliphatic carbocycles. The predicted molar refractivity (Wildman–Crippen MR) is 92.7 cm³/mol. The topological polar surface area (TPSA) is 86.2 Å². The van der Waals surface area contributed by atoms with Crippen molar-refractivity contribution >= 4 is 17.4 Å². The van der Waals surface area contributed by atoms with E-state index in [2.05, 4.69) is 19.9 Å². The normalized spacial score (nSPS) is 10.2. The second-order valence-electron chi connectivity index (χ2n) is 4.98. The Kier molecular flexibility index (Phi) is 5.89. The number of aromatic nitrogens is 3. The summed E-state index contributed by atoms with van der Waals surface area (Å²) in [5.74, 6) is 1.12. The molecule has 2 heterocycles. The van der Waals surface area contributed by atoms with Gasteiger partial charge in [0.1, 0.15) is 23.8 Å². The molecule has 0 fully saturated rings. The molecule has 128 valence electrons. The molecule has 8 heteroatoms. The van der Waals surface area contributed by atoms with Gasteiger partial charge in [0, 0.05) is 18.8 Å². The van der Waals surface area contributed by atoms with E-state index in [1.807, 2.05) is 36.4 Å². The molecule has 0 atom stereocenters. The van der Waals surface area contributed by atoms with Crippen molar-refractivity contribution in [2.75, 3.05) is 13.2 Å². The van der Waals surface area contributed by atoms with Crippen molar-refractivity contribution < 1.29 is 14.3 Å². The molecule has 0 unspecified atom stereocenters. The highest BCUT2D eigenvalue weighted by molar-refractivity contribution is 7.07. The largest absolute Gasteiger partial charge is 0.490 e. The number of carbonyl (C=O) groups excluding carboxylic acids is 1. The van der Waals surface area contributed by atoms with Crippen LogP contribution in [-0.4, -0.2) is 33.7 Å². The lowest BCUT2D eigenvalue weighted by atomic mass is 10.3. The fourth-order valence-electron chi connectivity index (χ4n) is 1.96. The number of amides is 1. The van der Waals surface area contributed by atoms with Crippen molar-refractivity contribution in [3.05, 3.63) is 65.3 Å². The zero-order valence-corrected chi connectivity index (χ0v) is 14.1. The van der Waals surface area contributed by atoms with Crippen LogP contribution >= 0.6 is 11.5 Å². The van der Waals surface area contributed by atoms with Gasteiger partial charge in [0.15, 0.2) is 0 Å². The first-order valence-corrected chi connectivity index (χ1v) is 8.40. The van der Waals surface area contributed by atoms with Crippen LogP contribution in [-0.2, 0) is 6.54 Å². The second-order valence-corrected chi connectivity index (χ2v) is 5.76. The second kappa shape index (κ2) is 8.74. The number of carbonyl (C=O) groups is 1. The molecule has 0 radical (unpaired) electrons. The summed E-state index contributed by atoms with van der Waals surface area (Å²) >= 11 is 1.06. The van der Waals surface area contributed by atoms with Gasteiger partial charge < -0.3 is 14.8 Å². The van der Waals surface area contributed by atoms with Gasteiger partial charge in [-0.25, -0.2) is 4.98 Å². The molecule has 25 heavy (non-hydrogen) atoms. The van der Waals surface area contributed by atoms with E-state index in [1.54, 1.807) is 12.3 Å². The fraction of sp³-hybridized carbons (Fsp3) is 0.176. The lowest BCUT2D eigenvalue weighted by Crippen LogP contribution is -2.21. The summed E-state index contributed by atoms with van der Waals surface area (Å²) in [7, 11) is 0. The highest BCUT2D eigenvalue weighted by Gasteiger charge is 2.07. The fourth-order valence-corrected chi connectivity index (χ4v) is 2.39. The van der Waals surface area contributed by atoms with Crippen LogP contribution < -0.4 is 14.8 Å². The standard InChI is InChI=1S/C17H16N4O3S/c22-17(15-12-20-21-25-15)19-11-13-6-7-16(18-10-13)24-9-8-23-14-4-2-1-3-5-14/h1-7,10,12H,8-9,11H2,(H,19,22). The van der Waals surface area contributed by atoms with E-state index < -0.39 is 0 Å². The lowest BCUT2D eigenvalue weighted by Gasteiger charge is -2.08. The number of pyridine rings is 1. The Labute approximate surface area is 148 Å². The monoisotopic (exact) mass is 356 g/mol. The molecule has 3 aromatic rings. The average Bonchev–Trinajstić information content (AvgIpc) is 3.20. The van der Waals surface area contributed by atoms with Crippen LogP contribution in [0.5, 0.6) is 11.6 Å². The molecule has 0 bridgehead atoms. The Balaban J connectivity index is 1.39. The van der Waals surface area contributed by atoms with Crippen molar-refractivity contribution in [3.8, 4) is 11.6 Å². The molecule has 1 N–H and O–H groups in total. The van der Waals surface area contributed by atoms with Crippen molar-refractivity contribution in [2.24, 2.45) is 0 Å². The summed E-state index contributed by atoms with van der Waals surface area (Å²) in [5, 5.41) is 6.42. The van der Waals surface area contributed by atoms with Gasteiger partial charge in [0.05, 0.1) is 6.20 Å². The summed E-state index contributed by atoms with van der Waals surface area (Å²) in [5.41, 5.74) is 0.874. The number of nitrogens with one attached hydrogen (secondary N) is 1. The zero-order chi connectivity index (χ0) is 17.3. The van der Waals surface area contributed by atoms with Crippen LogP contribution in [0.25, 0.3) is 0 Å². The quantitative estimate of drug-likeness (QED) is 0.624. The SMILES string of the molecule is O=C(NCc1ccc(OCCOc2ccccc2)nc1)c1cnns1. The third-order valence-corrected chi connectivity index (χ3v) is 3.84. The van der Waals surface area contributed by atoms with E-state index in [4.69, 9.17) is 9.47 Å². The summed E-state index contributed by atoms with van der Waals surface area (Å²) in [4.78, 5) is 16.5. The predicted octanol–water partition coefficient (Wildman–Crippen LogP) is 2.32. The molecule has 2 aromatic heterocycles. The number of hydrogen-bond acceptors (Lipinski definition) is 7. The summed E-state index contributed by atoms with van der Waals surface area (Å²) in [6.07, 6.45) is 3.10. The van der Waals surface area contributed by atoms with Gasteiger partial charge in [0.2, 0.25) is 5.88 Å². The maximum Gasteiger partial charge on any atom is 0.264 e. The van der Waals surface area contributed by atoms with Crippen LogP contribution in [0.4, 0.5) is 0 Å². The van der Waals surface area contributed by atoms with E-state index >= 15 is 0 Å². The van der Waals surface area contributed by atoms with Crippen LogP contribution in [0.2, 0.25) is 0 Å². The Morgan fingerprint density at radius 3 is 2.60 bits per heavy atom. The Morgan fingerprint density at radius 1 is 1.04 bits per heavy atom. The third-order valence-electron chi connectivity index (χ3n) is 3.18. The van der Waals surface area contributed by atoms with E-state index in [-0.39, 0.29) is 5.91 Å². The van der Waals surface area contributed by atoms with E-state index in [9.17, 15) is 4.79 Å². The smallest absolute Gasteiger partial charge is 0.264 e. The van der Waals surface area contributed by atoms with Crippen molar-refractivity contribution in [1.82, 2.24) is 19.9 Å². The van der Waals surface area contributed by atoms with Gasteiger partial charge in [-0.15, -0.1) is 5.10 Å². The van der Waals surface area contributed by atoms with E-state index in [0.717, 1.165) is 22.8 Å². The minimum Gasteiger partial charge on any atom is -0.490 e. The molecular weight excluding hydrogens is 340 g/mol. The van der Waals surface area contributed by atoms with E-state index in [1.165, 1.54) is 6.20 Å². The van der Waals surface area contributed by atoms with Gasteiger partial charge >= 0.3 is 0 Å². The molecule has 0 saturated heterocycles. The first-order valence-electron chi connectivity index (χ1n) is 7.62. The molecule has 3 rings (SSSR count). The van der Waals surface area contributed by atoms with Crippen LogP contribution in [0, 0.1) is 0 Å². The maximum atomic E-state index is 11.8. The zero-order valence-electron chi connectivity index (χ0n) is 13.3. The van der Waals surface area contributed by atoms with Crippen molar-refractivity contribution in [2.45, 2.75) is 6.54 Å². The minimum atomic E-state index is -0.201. The number of para-hydroxylation sites is 1. The minimum absolute atomic E-state index is 0.201. The Morgan fingerprint density at radius 2 is 1.88 bits per heavy atom. The first kappa shape index (κ1) is 16.8. The summed E-state index contributed by atoms with van der Waals surface area (Å²) < 4.78 is 14.7. The molecule has 1 amide bonds. The summed E-state index contributed by atoms with van der Waals surface area (Å²) in [6.45, 7) is 1.21. The summed E-state index contributed by atoms with van der Waals surface area (Å²) in [6, 6.07) is 13.2. The number of benzene rings is 1. The van der Waals surface area contributed by atoms with Crippen LogP contribution in [0.15, 0.2) is 54.9 Å². The molecule has 0 saturated carbocycles. The van der Waals surface area contributed by atoms with Crippen LogP contribution in [0.3, 0.4) is 0 Å². The third kappa shape index (κ3) is 5.25. The van der Waals surface area contributed by atoms with E-state index in [0.29, 0.717) is 30.5 Å². The molecule has 0 aliphatic heterocycles. The van der Waals surface area contributed by atoms with Crippen molar-refractivity contribution in [1.29, 1.82) is 0 Å². The highest BCUT2D eigenvalue weighted by atomic mass is 32.1. The number of rotatable bonds is 8. The number of ether oxygens (including phenoxy) is 2. The van der Waals surface area contributed by atoms with Crippen molar-refractivity contribution in [3.63, 3.8) is 0 Å². The number of nitrogens with zero attached hydrogens (tertiary/aromatic N) is 3. The molecule has 1 aromatic carbocycles. The van der Waals surface area contributed by atoms with Crippen LogP contribution in [0.1, 0.15) is 15.2 Å². The molecule has 0 spiro atoms. The van der Waals surface area contributed by atoms with Gasteiger partial charge in [-0.3, -0.25) is 4.79 Å². The Bertz CT molecular complexity index is 779.